The molecule has 2 aromatic heterocycles. The van der Waals surface area contributed by atoms with Crippen LogP contribution in [0.25, 0.3) is 22.3 Å². The summed E-state index contributed by atoms with van der Waals surface area (Å²) < 4.78 is 11.4. The molecule has 1 aromatic carbocycles. The number of nitrogens with two attached hydrogens (primary N) is 1. The van der Waals surface area contributed by atoms with Crippen molar-refractivity contribution in [2.45, 2.75) is 44.9 Å². The number of aliphatic hydroxyl groups is 1. The van der Waals surface area contributed by atoms with Crippen LogP contribution in [0.2, 0.25) is 0 Å². The van der Waals surface area contributed by atoms with E-state index in [0.717, 1.165) is 16.5 Å². The molecule has 2 aliphatic heterocycles. The molecule has 5 rings (SSSR count). The Labute approximate surface area is 188 Å². The number of rotatable bonds is 4. The number of methoxy groups -OCH3 is 1. The van der Waals surface area contributed by atoms with Crippen molar-refractivity contribution >= 4 is 28.5 Å². The highest BCUT2D eigenvalue weighted by atomic mass is 16.6. The van der Waals surface area contributed by atoms with Crippen molar-refractivity contribution in [3.8, 4) is 11.4 Å². The van der Waals surface area contributed by atoms with Gasteiger partial charge in [-0.05, 0) is 42.7 Å². The van der Waals surface area contributed by atoms with Crippen molar-refractivity contribution in [2.24, 2.45) is 0 Å². The molecule has 33 heavy (non-hydrogen) atoms. The fraction of sp³-hybridized carbons (Fsp3) is 0.333. The summed E-state index contributed by atoms with van der Waals surface area (Å²) in [5.41, 5.74) is 8.60. The van der Waals surface area contributed by atoms with E-state index in [1.165, 1.54) is 7.11 Å². The van der Waals surface area contributed by atoms with Gasteiger partial charge in [-0.2, -0.15) is 0 Å². The smallest absolute Gasteiger partial charge is 0.343 e. The van der Waals surface area contributed by atoms with Gasteiger partial charge in [-0.1, -0.05) is 6.92 Å². The molecule has 9 nitrogen and oxygen atoms in total. The number of fused-ring (bicyclic) bond motifs is 5. The number of ether oxygens (including phenoxy) is 2. The van der Waals surface area contributed by atoms with E-state index in [9.17, 15) is 19.5 Å². The minimum Gasteiger partial charge on any atom is -0.469 e. The first kappa shape index (κ1) is 21.1. The molecule has 2 aliphatic rings. The molecule has 0 spiro atoms. The van der Waals surface area contributed by atoms with Crippen LogP contribution >= 0.6 is 0 Å². The lowest BCUT2D eigenvalue weighted by molar-refractivity contribution is -0.172. The van der Waals surface area contributed by atoms with Gasteiger partial charge in [0.05, 0.1) is 36.1 Å². The number of hydrogen-bond donors (Lipinski definition) is 2. The first-order valence-electron chi connectivity index (χ1n) is 10.7. The van der Waals surface area contributed by atoms with E-state index in [1.54, 1.807) is 29.7 Å². The lowest BCUT2D eigenvalue weighted by Gasteiger charge is -2.31. The van der Waals surface area contributed by atoms with Gasteiger partial charge >= 0.3 is 11.9 Å². The van der Waals surface area contributed by atoms with E-state index in [-0.39, 0.29) is 42.1 Å². The largest absolute Gasteiger partial charge is 0.469 e. The number of anilines is 1. The third-order valence-corrected chi connectivity index (χ3v) is 6.65. The van der Waals surface area contributed by atoms with Gasteiger partial charge in [0, 0.05) is 28.6 Å². The SMILES string of the molecule is CCC1(O)C(=O)OCc2c1cc1n(c2=O)Cc2cc3c(CCC(=O)OC)c(N)ccc3nc2-1. The zero-order valence-electron chi connectivity index (χ0n) is 18.3. The highest BCUT2D eigenvalue weighted by Gasteiger charge is 2.45. The summed E-state index contributed by atoms with van der Waals surface area (Å²) in [4.78, 5) is 42.0. The van der Waals surface area contributed by atoms with Gasteiger partial charge in [0.1, 0.15) is 6.61 Å². The zero-order chi connectivity index (χ0) is 23.5. The van der Waals surface area contributed by atoms with E-state index in [4.69, 9.17) is 20.2 Å². The Morgan fingerprint density at radius 1 is 1.33 bits per heavy atom. The summed E-state index contributed by atoms with van der Waals surface area (Å²) in [6.07, 6.45) is 0.677. The Bertz CT molecular complexity index is 1410. The van der Waals surface area contributed by atoms with E-state index in [0.29, 0.717) is 35.6 Å². The molecule has 3 N–H and O–H groups in total. The normalized spacial score (nSPS) is 18.5. The second kappa shape index (κ2) is 7.41. The number of benzene rings is 1. The lowest BCUT2D eigenvalue weighted by atomic mass is 9.86. The maximum Gasteiger partial charge on any atom is 0.343 e. The number of nitrogen functional groups attached to an aromatic ring is 1. The van der Waals surface area contributed by atoms with Crippen molar-refractivity contribution in [3.63, 3.8) is 0 Å². The minimum absolute atomic E-state index is 0.0859. The van der Waals surface area contributed by atoms with Crippen molar-refractivity contribution in [1.82, 2.24) is 9.55 Å². The summed E-state index contributed by atoms with van der Waals surface area (Å²) in [6.45, 7) is 1.79. The molecule has 0 amide bonds. The van der Waals surface area contributed by atoms with Gasteiger partial charge in [0.2, 0.25) is 0 Å². The summed E-state index contributed by atoms with van der Waals surface area (Å²) in [5.74, 6) is -1.08. The average molecular weight is 449 g/mol. The molecule has 1 atom stereocenters. The van der Waals surface area contributed by atoms with Crippen molar-refractivity contribution in [1.29, 1.82) is 0 Å². The molecule has 0 saturated carbocycles. The van der Waals surface area contributed by atoms with Gasteiger partial charge in [-0.3, -0.25) is 9.59 Å². The van der Waals surface area contributed by atoms with Crippen LogP contribution < -0.4 is 11.3 Å². The second-order valence-corrected chi connectivity index (χ2v) is 8.38. The number of hydrogen-bond acceptors (Lipinski definition) is 8. The third-order valence-electron chi connectivity index (χ3n) is 6.65. The fourth-order valence-electron chi connectivity index (χ4n) is 4.74. The van der Waals surface area contributed by atoms with Crippen LogP contribution in [0.15, 0.2) is 29.1 Å². The van der Waals surface area contributed by atoms with E-state index in [2.05, 4.69) is 0 Å². The first-order valence-corrected chi connectivity index (χ1v) is 10.7. The molecule has 0 saturated heterocycles. The topological polar surface area (TPSA) is 134 Å². The third kappa shape index (κ3) is 3.03. The number of carbonyl (C=O) groups excluding carboxylic acids is 2. The maximum atomic E-state index is 13.3. The molecule has 9 heteroatoms. The highest BCUT2D eigenvalue weighted by Crippen LogP contribution is 2.39. The lowest BCUT2D eigenvalue weighted by Crippen LogP contribution is -2.44. The molecule has 1 unspecified atom stereocenters. The molecule has 170 valence electrons. The maximum absolute atomic E-state index is 13.3. The summed E-state index contributed by atoms with van der Waals surface area (Å²) in [6, 6.07) is 7.17. The number of carbonyl (C=O) groups is 2. The van der Waals surface area contributed by atoms with Crippen LogP contribution in [0.1, 0.15) is 42.0 Å². The Morgan fingerprint density at radius 2 is 2.12 bits per heavy atom. The Morgan fingerprint density at radius 3 is 2.85 bits per heavy atom. The summed E-state index contributed by atoms with van der Waals surface area (Å²) >= 11 is 0. The molecule has 0 radical (unpaired) electrons. The summed E-state index contributed by atoms with van der Waals surface area (Å²) in [7, 11) is 1.34. The molecular weight excluding hydrogens is 426 g/mol. The number of esters is 2. The molecule has 0 aliphatic carbocycles. The van der Waals surface area contributed by atoms with E-state index >= 15 is 0 Å². The average Bonchev–Trinajstić information content (AvgIpc) is 3.17. The zero-order valence-corrected chi connectivity index (χ0v) is 18.3. The number of nitrogens with zero attached hydrogens (tertiary/aromatic N) is 2. The minimum atomic E-state index is -1.86. The number of cyclic esters (lactones) is 1. The quantitative estimate of drug-likeness (QED) is 0.356. The monoisotopic (exact) mass is 449 g/mol. The molecule has 3 aromatic rings. The van der Waals surface area contributed by atoms with Gasteiger partial charge in [-0.15, -0.1) is 0 Å². The highest BCUT2D eigenvalue weighted by molar-refractivity contribution is 5.91. The number of pyridine rings is 2. The van der Waals surface area contributed by atoms with Gasteiger partial charge < -0.3 is 24.9 Å². The van der Waals surface area contributed by atoms with Crippen molar-refractivity contribution < 1.29 is 24.2 Å². The predicted molar refractivity (Wildman–Crippen MR) is 119 cm³/mol. The molecular formula is C24H23N3O6. The van der Waals surface area contributed by atoms with Crippen LogP contribution in [0.3, 0.4) is 0 Å². The number of aromatic nitrogens is 2. The number of aryl methyl sites for hydroxylation is 1. The van der Waals surface area contributed by atoms with E-state index in [1.807, 2.05) is 6.07 Å². The summed E-state index contributed by atoms with van der Waals surface area (Å²) in [5, 5.41) is 11.8. The fourth-order valence-corrected chi connectivity index (χ4v) is 4.74. The Hall–Kier alpha value is -3.72. The molecule has 0 fully saturated rings. The van der Waals surface area contributed by atoms with Crippen LogP contribution in [0, 0.1) is 0 Å². The van der Waals surface area contributed by atoms with Gasteiger partial charge in [-0.25, -0.2) is 9.78 Å². The molecule has 4 heterocycles. The Kier molecular flexibility index (Phi) is 4.75. The van der Waals surface area contributed by atoms with E-state index < -0.39 is 11.6 Å². The van der Waals surface area contributed by atoms with Gasteiger partial charge in [0.15, 0.2) is 5.60 Å². The Balaban J connectivity index is 1.68. The predicted octanol–water partition coefficient (Wildman–Crippen LogP) is 1.77. The molecule has 0 bridgehead atoms. The van der Waals surface area contributed by atoms with Crippen molar-refractivity contribution in [3.05, 3.63) is 56.9 Å². The van der Waals surface area contributed by atoms with Crippen LogP contribution in [-0.2, 0) is 44.2 Å². The second-order valence-electron chi connectivity index (χ2n) is 8.38. The standard InChI is InChI=1S/C24H23N3O6/c1-3-24(31)16-9-19-21-12(10-27(19)22(29)15(16)11-33-23(24)30)8-14-13(4-7-20(28)32-2)17(25)5-6-18(14)26-21/h5-6,8-9,31H,3-4,7,10-11,25H2,1-2H3. The van der Waals surface area contributed by atoms with Crippen LogP contribution in [-0.4, -0.2) is 33.7 Å². The van der Waals surface area contributed by atoms with Crippen LogP contribution in [0.4, 0.5) is 5.69 Å². The first-order chi connectivity index (χ1) is 15.8. The van der Waals surface area contributed by atoms with Gasteiger partial charge in [0.25, 0.3) is 5.56 Å². The van der Waals surface area contributed by atoms with Crippen LogP contribution in [0.5, 0.6) is 0 Å². The van der Waals surface area contributed by atoms with Crippen molar-refractivity contribution in [2.75, 3.05) is 12.8 Å².